The molecular weight excluding hydrogens is 192 g/mol. The monoisotopic (exact) mass is 202 g/mol. The molecule has 0 radical (unpaired) electrons. The molecule has 0 atom stereocenters. The molecule has 5 nitrogen and oxygen atoms in total. The number of hydrogen-bond acceptors (Lipinski definition) is 3. The van der Waals surface area contributed by atoms with Gasteiger partial charge in [0.2, 0.25) is 0 Å². The first-order chi connectivity index (χ1) is 7.18. The number of nitrogens with two attached hydrogens (primary N) is 1. The molecule has 0 aliphatic carbocycles. The number of aromatic amines is 1. The molecule has 0 spiro atoms. The Morgan fingerprint density at radius 3 is 2.80 bits per heavy atom. The molecule has 0 bridgehead atoms. The smallest absolute Gasteiger partial charge is 0.284 e. The van der Waals surface area contributed by atoms with E-state index in [1.165, 1.54) is 0 Å². The van der Waals surface area contributed by atoms with E-state index in [0.717, 1.165) is 11.4 Å². The van der Waals surface area contributed by atoms with E-state index in [2.05, 4.69) is 15.0 Å². The first-order valence-electron chi connectivity index (χ1n) is 4.46. The second kappa shape index (κ2) is 3.53. The third-order valence-electron chi connectivity index (χ3n) is 2.03. The maximum Gasteiger partial charge on any atom is 0.284 e. The molecule has 0 aromatic carbocycles. The SMILES string of the molecule is Cc1[nH]c(C(N)=O)nc1-c1ccccn1. The van der Waals surface area contributed by atoms with E-state index < -0.39 is 5.91 Å². The Bertz CT molecular complexity index is 489. The van der Waals surface area contributed by atoms with Gasteiger partial charge in [-0.3, -0.25) is 9.78 Å². The first kappa shape index (κ1) is 9.39. The molecule has 0 unspecified atom stereocenters. The van der Waals surface area contributed by atoms with E-state index in [0.29, 0.717) is 5.69 Å². The Labute approximate surface area is 86.4 Å². The summed E-state index contributed by atoms with van der Waals surface area (Å²) in [4.78, 5) is 22.0. The number of amides is 1. The molecule has 0 fully saturated rings. The minimum atomic E-state index is -0.569. The summed E-state index contributed by atoms with van der Waals surface area (Å²) in [7, 11) is 0. The number of imidazole rings is 1. The van der Waals surface area contributed by atoms with Crippen molar-refractivity contribution >= 4 is 5.91 Å². The Morgan fingerprint density at radius 2 is 2.27 bits per heavy atom. The number of aromatic nitrogens is 3. The fraction of sp³-hybridized carbons (Fsp3) is 0.100. The molecule has 2 heterocycles. The van der Waals surface area contributed by atoms with Crippen LogP contribution in [-0.4, -0.2) is 20.9 Å². The summed E-state index contributed by atoms with van der Waals surface area (Å²) in [5.74, 6) is -0.409. The lowest BCUT2D eigenvalue weighted by atomic mass is 10.2. The first-order valence-corrected chi connectivity index (χ1v) is 4.46. The van der Waals surface area contributed by atoms with Gasteiger partial charge in [-0.2, -0.15) is 0 Å². The van der Waals surface area contributed by atoms with Crippen molar-refractivity contribution in [3.05, 3.63) is 35.9 Å². The maximum absolute atomic E-state index is 10.9. The van der Waals surface area contributed by atoms with Gasteiger partial charge in [-0.1, -0.05) is 6.07 Å². The van der Waals surface area contributed by atoms with Gasteiger partial charge in [-0.15, -0.1) is 0 Å². The fourth-order valence-electron chi connectivity index (χ4n) is 1.33. The Kier molecular flexibility index (Phi) is 2.21. The number of nitrogens with one attached hydrogen (secondary N) is 1. The standard InChI is InChI=1S/C10H10N4O/c1-6-8(7-4-2-3-5-12-7)14-10(13-6)9(11)15/h2-5H,1H3,(H2,11,15)(H,13,14). The molecule has 15 heavy (non-hydrogen) atoms. The average molecular weight is 202 g/mol. The van der Waals surface area contributed by atoms with Crippen molar-refractivity contribution in [3.63, 3.8) is 0 Å². The van der Waals surface area contributed by atoms with Crippen LogP contribution in [0.15, 0.2) is 24.4 Å². The number of carbonyl (C=O) groups is 1. The minimum absolute atomic E-state index is 0.160. The van der Waals surface area contributed by atoms with Crippen LogP contribution in [0.4, 0.5) is 0 Å². The zero-order valence-electron chi connectivity index (χ0n) is 8.19. The predicted octanol–water partition coefficient (Wildman–Crippen LogP) is 0.879. The van der Waals surface area contributed by atoms with E-state index in [1.807, 2.05) is 25.1 Å². The lowest BCUT2D eigenvalue weighted by molar-refractivity contribution is 0.0991. The predicted molar refractivity (Wildman–Crippen MR) is 55.1 cm³/mol. The molecule has 76 valence electrons. The summed E-state index contributed by atoms with van der Waals surface area (Å²) in [6.07, 6.45) is 1.67. The highest BCUT2D eigenvalue weighted by Crippen LogP contribution is 2.17. The summed E-state index contributed by atoms with van der Waals surface area (Å²) < 4.78 is 0. The number of aryl methyl sites for hydroxylation is 1. The van der Waals surface area contributed by atoms with Gasteiger partial charge in [0.1, 0.15) is 5.69 Å². The molecule has 2 aromatic heterocycles. The average Bonchev–Trinajstić information content (AvgIpc) is 2.62. The highest BCUT2D eigenvalue weighted by Gasteiger charge is 2.12. The van der Waals surface area contributed by atoms with Gasteiger partial charge in [0, 0.05) is 11.9 Å². The number of H-pyrrole nitrogens is 1. The number of rotatable bonds is 2. The maximum atomic E-state index is 10.9. The van der Waals surface area contributed by atoms with Crippen molar-refractivity contribution in [3.8, 4) is 11.4 Å². The fourth-order valence-corrected chi connectivity index (χ4v) is 1.33. The van der Waals surface area contributed by atoms with Gasteiger partial charge >= 0.3 is 0 Å². The number of primary amides is 1. The molecular formula is C10H10N4O. The Hall–Kier alpha value is -2.17. The number of hydrogen-bond donors (Lipinski definition) is 2. The lowest BCUT2D eigenvalue weighted by Gasteiger charge is -1.95. The topological polar surface area (TPSA) is 84.7 Å². The zero-order chi connectivity index (χ0) is 10.8. The molecule has 0 aliphatic heterocycles. The van der Waals surface area contributed by atoms with Gasteiger partial charge < -0.3 is 10.7 Å². The van der Waals surface area contributed by atoms with E-state index in [-0.39, 0.29) is 5.82 Å². The second-order valence-electron chi connectivity index (χ2n) is 3.14. The van der Waals surface area contributed by atoms with Crippen LogP contribution in [0.2, 0.25) is 0 Å². The minimum Gasteiger partial charge on any atom is -0.363 e. The Balaban J connectivity index is 2.50. The van der Waals surface area contributed by atoms with E-state index in [1.54, 1.807) is 6.20 Å². The third kappa shape index (κ3) is 1.71. The van der Waals surface area contributed by atoms with Crippen molar-refractivity contribution in [2.45, 2.75) is 6.92 Å². The van der Waals surface area contributed by atoms with Gasteiger partial charge in [0.25, 0.3) is 5.91 Å². The Morgan fingerprint density at radius 1 is 1.47 bits per heavy atom. The number of carbonyl (C=O) groups excluding carboxylic acids is 1. The van der Waals surface area contributed by atoms with Crippen LogP contribution in [0.25, 0.3) is 11.4 Å². The molecule has 0 saturated carbocycles. The largest absolute Gasteiger partial charge is 0.363 e. The summed E-state index contributed by atoms with van der Waals surface area (Å²) in [6, 6.07) is 5.51. The molecule has 0 saturated heterocycles. The highest BCUT2D eigenvalue weighted by atomic mass is 16.1. The van der Waals surface area contributed by atoms with E-state index in [9.17, 15) is 4.79 Å². The van der Waals surface area contributed by atoms with Gasteiger partial charge in [-0.25, -0.2) is 4.98 Å². The van der Waals surface area contributed by atoms with Gasteiger partial charge in [0.15, 0.2) is 5.82 Å². The molecule has 5 heteroatoms. The van der Waals surface area contributed by atoms with E-state index in [4.69, 9.17) is 5.73 Å². The summed E-state index contributed by atoms with van der Waals surface area (Å²) in [5.41, 5.74) is 7.28. The number of pyridine rings is 1. The summed E-state index contributed by atoms with van der Waals surface area (Å²) in [5, 5.41) is 0. The van der Waals surface area contributed by atoms with Crippen molar-refractivity contribution in [2.24, 2.45) is 5.73 Å². The lowest BCUT2D eigenvalue weighted by Crippen LogP contribution is -2.12. The molecule has 1 amide bonds. The van der Waals surface area contributed by atoms with Crippen LogP contribution in [-0.2, 0) is 0 Å². The number of nitrogens with zero attached hydrogens (tertiary/aromatic N) is 2. The van der Waals surface area contributed by atoms with Gasteiger partial charge in [0.05, 0.1) is 5.69 Å². The van der Waals surface area contributed by atoms with Crippen LogP contribution < -0.4 is 5.73 Å². The van der Waals surface area contributed by atoms with Crippen molar-refractivity contribution in [1.82, 2.24) is 15.0 Å². The quantitative estimate of drug-likeness (QED) is 0.758. The molecule has 3 N–H and O–H groups in total. The highest BCUT2D eigenvalue weighted by molar-refractivity contribution is 5.89. The van der Waals surface area contributed by atoms with E-state index >= 15 is 0 Å². The van der Waals surface area contributed by atoms with Crippen molar-refractivity contribution in [1.29, 1.82) is 0 Å². The summed E-state index contributed by atoms with van der Waals surface area (Å²) >= 11 is 0. The molecule has 2 rings (SSSR count). The van der Waals surface area contributed by atoms with Crippen LogP contribution >= 0.6 is 0 Å². The van der Waals surface area contributed by atoms with Gasteiger partial charge in [-0.05, 0) is 19.1 Å². The van der Waals surface area contributed by atoms with Crippen LogP contribution in [0.1, 0.15) is 16.3 Å². The van der Waals surface area contributed by atoms with Crippen LogP contribution in [0.5, 0.6) is 0 Å². The van der Waals surface area contributed by atoms with Crippen LogP contribution in [0.3, 0.4) is 0 Å². The normalized spacial score (nSPS) is 10.2. The third-order valence-corrected chi connectivity index (χ3v) is 2.03. The zero-order valence-corrected chi connectivity index (χ0v) is 8.19. The van der Waals surface area contributed by atoms with Crippen LogP contribution in [0, 0.1) is 6.92 Å². The molecule has 0 aliphatic rings. The second-order valence-corrected chi connectivity index (χ2v) is 3.14. The van der Waals surface area contributed by atoms with Crippen molar-refractivity contribution in [2.75, 3.05) is 0 Å². The van der Waals surface area contributed by atoms with Crippen molar-refractivity contribution < 1.29 is 4.79 Å². The molecule has 2 aromatic rings. The summed E-state index contributed by atoms with van der Waals surface area (Å²) in [6.45, 7) is 1.82.